The van der Waals surface area contributed by atoms with Gasteiger partial charge in [-0.05, 0) is 37.5 Å². The molecule has 0 amide bonds. The first-order chi connectivity index (χ1) is 8.90. The second-order valence-corrected chi connectivity index (χ2v) is 4.76. The fraction of sp³-hybridized carbons (Fsp3) is 0.400. The molecule has 3 heteroatoms. The number of pyridine rings is 1. The smallest absolute Gasteiger partial charge is 0.126 e. The van der Waals surface area contributed by atoms with Crippen molar-refractivity contribution in [2.24, 2.45) is 0 Å². The van der Waals surface area contributed by atoms with Crippen molar-refractivity contribution in [1.82, 2.24) is 4.98 Å². The molecule has 0 N–H and O–H groups in total. The first kappa shape index (κ1) is 11.3. The van der Waals surface area contributed by atoms with Crippen molar-refractivity contribution < 1.29 is 4.74 Å². The molecule has 0 atom stereocenters. The maximum absolute atomic E-state index is 5.42. The van der Waals surface area contributed by atoms with Crippen LogP contribution in [0.2, 0.25) is 0 Å². The van der Waals surface area contributed by atoms with Crippen LogP contribution in [0.3, 0.4) is 0 Å². The lowest BCUT2D eigenvalue weighted by Crippen LogP contribution is -2.29. The van der Waals surface area contributed by atoms with Crippen LogP contribution < -0.4 is 9.64 Å². The monoisotopic (exact) mass is 242 g/mol. The number of methoxy groups -OCH3 is 1. The van der Waals surface area contributed by atoms with Gasteiger partial charge in [0.05, 0.1) is 7.11 Å². The number of benzene rings is 1. The summed E-state index contributed by atoms with van der Waals surface area (Å²) in [6.45, 7) is 2.30. The first-order valence-electron chi connectivity index (χ1n) is 6.56. The summed E-state index contributed by atoms with van der Waals surface area (Å²) < 4.78 is 5.42. The molecule has 3 nitrogen and oxygen atoms in total. The summed E-state index contributed by atoms with van der Waals surface area (Å²) in [5, 5.41) is 2.34. The van der Waals surface area contributed by atoms with Gasteiger partial charge in [-0.2, -0.15) is 0 Å². The van der Waals surface area contributed by atoms with E-state index in [1.54, 1.807) is 7.11 Å². The highest BCUT2D eigenvalue weighted by molar-refractivity contribution is 5.97. The van der Waals surface area contributed by atoms with Crippen LogP contribution >= 0.6 is 0 Å². The Labute approximate surface area is 107 Å². The lowest BCUT2D eigenvalue weighted by Gasteiger charge is -2.30. The van der Waals surface area contributed by atoms with Crippen LogP contribution in [-0.2, 0) is 0 Å². The van der Waals surface area contributed by atoms with Crippen molar-refractivity contribution >= 4 is 16.5 Å². The van der Waals surface area contributed by atoms with Crippen molar-refractivity contribution in [3.63, 3.8) is 0 Å². The topological polar surface area (TPSA) is 25.4 Å². The van der Waals surface area contributed by atoms with Crippen LogP contribution in [0.25, 0.3) is 10.8 Å². The zero-order chi connectivity index (χ0) is 12.4. The van der Waals surface area contributed by atoms with Crippen molar-refractivity contribution in [3.05, 3.63) is 30.6 Å². The van der Waals surface area contributed by atoms with E-state index in [0.29, 0.717) is 0 Å². The molecule has 2 heterocycles. The van der Waals surface area contributed by atoms with Gasteiger partial charge in [0.1, 0.15) is 5.75 Å². The van der Waals surface area contributed by atoms with Crippen LogP contribution in [0.5, 0.6) is 5.75 Å². The molecular formula is C15H18N2O. The van der Waals surface area contributed by atoms with Gasteiger partial charge in [0.25, 0.3) is 0 Å². The lowest BCUT2D eigenvalue weighted by molar-refractivity contribution is 0.420. The predicted molar refractivity (Wildman–Crippen MR) is 74.4 cm³/mol. The number of ether oxygens (including phenoxy) is 1. The van der Waals surface area contributed by atoms with E-state index in [1.165, 1.54) is 30.3 Å². The van der Waals surface area contributed by atoms with E-state index in [2.05, 4.69) is 22.0 Å². The van der Waals surface area contributed by atoms with E-state index >= 15 is 0 Å². The zero-order valence-electron chi connectivity index (χ0n) is 10.7. The highest BCUT2D eigenvalue weighted by Gasteiger charge is 2.15. The summed E-state index contributed by atoms with van der Waals surface area (Å²) in [6, 6.07) is 6.25. The van der Waals surface area contributed by atoms with E-state index < -0.39 is 0 Å². The van der Waals surface area contributed by atoms with Crippen molar-refractivity contribution in [1.29, 1.82) is 0 Å². The van der Waals surface area contributed by atoms with Gasteiger partial charge in [0.15, 0.2) is 0 Å². The molecule has 0 bridgehead atoms. The van der Waals surface area contributed by atoms with Crippen molar-refractivity contribution in [2.75, 3.05) is 25.1 Å². The average Bonchev–Trinajstić information content (AvgIpc) is 2.47. The van der Waals surface area contributed by atoms with Crippen LogP contribution in [0.4, 0.5) is 5.69 Å². The molecule has 18 heavy (non-hydrogen) atoms. The summed E-state index contributed by atoms with van der Waals surface area (Å²) in [5.41, 5.74) is 1.29. The summed E-state index contributed by atoms with van der Waals surface area (Å²) in [4.78, 5) is 6.73. The number of piperidine rings is 1. The minimum absolute atomic E-state index is 0.924. The normalized spacial score (nSPS) is 15.9. The molecule has 0 radical (unpaired) electrons. The Hall–Kier alpha value is -1.77. The number of aromatic nitrogens is 1. The molecule has 94 valence electrons. The van der Waals surface area contributed by atoms with Crippen LogP contribution in [0.1, 0.15) is 19.3 Å². The Morgan fingerprint density at radius 3 is 2.67 bits per heavy atom. The van der Waals surface area contributed by atoms with Gasteiger partial charge in [-0.3, -0.25) is 4.98 Å². The Morgan fingerprint density at radius 2 is 1.89 bits per heavy atom. The molecule has 2 aromatic rings. The van der Waals surface area contributed by atoms with Crippen molar-refractivity contribution in [3.8, 4) is 5.75 Å². The van der Waals surface area contributed by atoms with Gasteiger partial charge in [0.2, 0.25) is 0 Å². The van der Waals surface area contributed by atoms with Crippen LogP contribution in [0, 0.1) is 0 Å². The van der Waals surface area contributed by atoms with E-state index in [1.807, 2.05) is 18.5 Å². The molecule has 3 rings (SSSR count). The SMILES string of the molecule is COc1ccc(N2CCCCC2)c2cnccc12. The van der Waals surface area contributed by atoms with Gasteiger partial charge in [0, 0.05) is 41.9 Å². The highest BCUT2D eigenvalue weighted by atomic mass is 16.5. The number of hydrogen-bond acceptors (Lipinski definition) is 3. The lowest BCUT2D eigenvalue weighted by atomic mass is 10.1. The molecule has 1 fully saturated rings. The third-order valence-corrected chi connectivity index (χ3v) is 3.67. The Morgan fingerprint density at radius 1 is 1.06 bits per heavy atom. The number of rotatable bonds is 2. The van der Waals surface area contributed by atoms with Gasteiger partial charge < -0.3 is 9.64 Å². The summed E-state index contributed by atoms with van der Waals surface area (Å²) >= 11 is 0. The standard InChI is InChI=1S/C15H18N2O/c1-18-15-6-5-14(17-9-3-2-4-10-17)13-11-16-8-7-12(13)15/h5-8,11H,2-4,9-10H2,1H3. The molecule has 1 saturated heterocycles. The first-order valence-corrected chi connectivity index (χ1v) is 6.56. The van der Waals surface area contributed by atoms with E-state index in [4.69, 9.17) is 4.74 Å². The molecule has 1 aliphatic heterocycles. The van der Waals surface area contributed by atoms with Gasteiger partial charge >= 0.3 is 0 Å². The predicted octanol–water partition coefficient (Wildman–Crippen LogP) is 3.23. The number of hydrogen-bond donors (Lipinski definition) is 0. The Balaban J connectivity index is 2.12. The van der Waals surface area contributed by atoms with E-state index in [9.17, 15) is 0 Å². The minimum Gasteiger partial charge on any atom is -0.496 e. The minimum atomic E-state index is 0.924. The van der Waals surface area contributed by atoms with E-state index in [-0.39, 0.29) is 0 Å². The Bertz CT molecular complexity index is 547. The number of fused-ring (bicyclic) bond motifs is 1. The molecule has 0 saturated carbocycles. The third kappa shape index (κ3) is 1.90. The second kappa shape index (κ2) is 4.84. The van der Waals surface area contributed by atoms with Gasteiger partial charge in [-0.25, -0.2) is 0 Å². The fourth-order valence-corrected chi connectivity index (χ4v) is 2.74. The molecule has 1 aromatic heterocycles. The number of anilines is 1. The van der Waals surface area contributed by atoms with Gasteiger partial charge in [-0.15, -0.1) is 0 Å². The molecule has 0 unspecified atom stereocenters. The maximum atomic E-state index is 5.42. The third-order valence-electron chi connectivity index (χ3n) is 3.67. The zero-order valence-corrected chi connectivity index (χ0v) is 10.7. The summed E-state index contributed by atoms with van der Waals surface area (Å²) in [7, 11) is 1.72. The molecule has 0 spiro atoms. The maximum Gasteiger partial charge on any atom is 0.126 e. The average molecular weight is 242 g/mol. The molecule has 1 aromatic carbocycles. The van der Waals surface area contributed by atoms with Crippen LogP contribution in [-0.4, -0.2) is 25.2 Å². The summed E-state index contributed by atoms with van der Waals surface area (Å²) in [5.74, 6) is 0.924. The molecule has 0 aliphatic carbocycles. The fourth-order valence-electron chi connectivity index (χ4n) is 2.74. The van der Waals surface area contributed by atoms with Gasteiger partial charge in [-0.1, -0.05) is 0 Å². The quantitative estimate of drug-likeness (QED) is 0.808. The highest BCUT2D eigenvalue weighted by Crippen LogP contribution is 2.34. The Kier molecular flexibility index (Phi) is 3.05. The molecular weight excluding hydrogens is 224 g/mol. The van der Waals surface area contributed by atoms with Crippen LogP contribution in [0.15, 0.2) is 30.6 Å². The molecule has 1 aliphatic rings. The van der Waals surface area contributed by atoms with Crippen molar-refractivity contribution in [2.45, 2.75) is 19.3 Å². The second-order valence-electron chi connectivity index (χ2n) is 4.76. The largest absolute Gasteiger partial charge is 0.496 e. The number of nitrogens with zero attached hydrogens (tertiary/aromatic N) is 2. The summed E-state index contributed by atoms with van der Waals surface area (Å²) in [6.07, 6.45) is 7.69. The van der Waals surface area contributed by atoms with E-state index in [0.717, 1.165) is 24.2 Å².